The van der Waals surface area contributed by atoms with Gasteiger partial charge < -0.3 is 9.05 Å². The van der Waals surface area contributed by atoms with Gasteiger partial charge >= 0.3 is 0 Å². The molecule has 0 aromatic rings. The van der Waals surface area contributed by atoms with E-state index in [0.29, 0.717) is 12.2 Å². The van der Waals surface area contributed by atoms with Crippen LogP contribution in [0, 0.1) is 5.41 Å². The molecule has 0 amide bonds. The second kappa shape index (κ2) is 4.04. The molecule has 12 heavy (non-hydrogen) atoms. The maximum Gasteiger partial charge on any atom is 0.155 e. The fraction of sp³-hybridized carbons (Fsp3) is 1.00. The SMILES string of the molecule is CCC1CC(C(C)(C)C)OPO1. The van der Waals surface area contributed by atoms with E-state index in [4.69, 9.17) is 9.05 Å². The van der Waals surface area contributed by atoms with Crippen LogP contribution in [0.3, 0.4) is 0 Å². The van der Waals surface area contributed by atoms with Crippen molar-refractivity contribution in [2.75, 3.05) is 0 Å². The lowest BCUT2D eigenvalue weighted by Crippen LogP contribution is -2.34. The van der Waals surface area contributed by atoms with E-state index in [1.165, 1.54) is 0 Å². The Balaban J connectivity index is 2.46. The molecule has 0 aromatic heterocycles. The van der Waals surface area contributed by atoms with Crippen LogP contribution in [0.5, 0.6) is 0 Å². The summed E-state index contributed by atoms with van der Waals surface area (Å²) in [6.45, 7) is 8.83. The first kappa shape index (κ1) is 10.4. The maximum atomic E-state index is 5.58. The fourth-order valence-corrected chi connectivity index (χ4v) is 2.29. The van der Waals surface area contributed by atoms with Gasteiger partial charge in [-0.25, -0.2) is 0 Å². The van der Waals surface area contributed by atoms with Crippen LogP contribution in [-0.4, -0.2) is 12.2 Å². The van der Waals surface area contributed by atoms with E-state index in [1.54, 1.807) is 0 Å². The first-order chi connectivity index (χ1) is 5.54. The molecule has 0 spiro atoms. The second-order valence-electron chi connectivity index (χ2n) is 4.44. The Hall–Kier alpha value is 0.350. The van der Waals surface area contributed by atoms with Crippen molar-refractivity contribution in [3.63, 3.8) is 0 Å². The maximum absolute atomic E-state index is 5.58. The van der Waals surface area contributed by atoms with Crippen molar-refractivity contribution in [3.8, 4) is 0 Å². The second-order valence-corrected chi connectivity index (χ2v) is 5.08. The Bertz CT molecular complexity index is 142. The van der Waals surface area contributed by atoms with E-state index in [2.05, 4.69) is 27.7 Å². The van der Waals surface area contributed by atoms with Gasteiger partial charge in [-0.3, -0.25) is 0 Å². The van der Waals surface area contributed by atoms with Crippen molar-refractivity contribution < 1.29 is 9.05 Å². The van der Waals surface area contributed by atoms with Crippen LogP contribution in [0.15, 0.2) is 0 Å². The van der Waals surface area contributed by atoms with Crippen molar-refractivity contribution in [3.05, 3.63) is 0 Å². The van der Waals surface area contributed by atoms with Gasteiger partial charge in [0.1, 0.15) is 0 Å². The summed E-state index contributed by atoms with van der Waals surface area (Å²) < 4.78 is 11.0. The van der Waals surface area contributed by atoms with E-state index in [-0.39, 0.29) is 14.4 Å². The summed E-state index contributed by atoms with van der Waals surface area (Å²) in [6.07, 6.45) is 2.94. The third-order valence-electron chi connectivity index (χ3n) is 2.30. The minimum atomic E-state index is 0.243. The van der Waals surface area contributed by atoms with Gasteiger partial charge in [-0.05, 0) is 11.8 Å². The molecule has 1 saturated heterocycles. The Morgan fingerprint density at radius 2 is 2.00 bits per heavy atom. The monoisotopic (exact) mass is 190 g/mol. The van der Waals surface area contributed by atoms with Crippen LogP contribution >= 0.6 is 9.03 Å². The van der Waals surface area contributed by atoms with E-state index >= 15 is 0 Å². The van der Waals surface area contributed by atoms with Crippen molar-refractivity contribution in [2.24, 2.45) is 5.41 Å². The molecule has 0 aliphatic carbocycles. The molecule has 3 atom stereocenters. The summed E-state index contributed by atoms with van der Waals surface area (Å²) in [6, 6.07) is 0. The highest BCUT2D eigenvalue weighted by atomic mass is 31.1. The number of rotatable bonds is 1. The average Bonchev–Trinajstić information content (AvgIpc) is 2.03. The number of hydrogen-bond acceptors (Lipinski definition) is 2. The zero-order valence-corrected chi connectivity index (χ0v) is 9.39. The van der Waals surface area contributed by atoms with E-state index in [1.807, 2.05) is 0 Å². The van der Waals surface area contributed by atoms with Crippen LogP contribution in [0.4, 0.5) is 0 Å². The van der Waals surface area contributed by atoms with Crippen LogP contribution in [0.1, 0.15) is 40.5 Å². The lowest BCUT2D eigenvalue weighted by Gasteiger charge is -2.36. The van der Waals surface area contributed by atoms with Crippen molar-refractivity contribution in [1.82, 2.24) is 0 Å². The largest absolute Gasteiger partial charge is 0.333 e. The highest BCUT2D eigenvalue weighted by Crippen LogP contribution is 2.38. The van der Waals surface area contributed by atoms with E-state index < -0.39 is 0 Å². The van der Waals surface area contributed by atoms with Gasteiger partial charge in [0.2, 0.25) is 0 Å². The third-order valence-corrected chi connectivity index (χ3v) is 3.11. The molecule has 3 unspecified atom stereocenters. The molecule has 2 nitrogen and oxygen atoms in total. The predicted molar refractivity (Wildman–Crippen MR) is 52.4 cm³/mol. The molecule has 0 bridgehead atoms. The summed E-state index contributed by atoms with van der Waals surface area (Å²) in [5.74, 6) is 0. The van der Waals surface area contributed by atoms with Crippen LogP contribution in [0.25, 0.3) is 0 Å². The first-order valence-electron chi connectivity index (χ1n) is 4.60. The summed E-state index contributed by atoms with van der Waals surface area (Å²) in [4.78, 5) is 0. The Morgan fingerprint density at radius 3 is 2.50 bits per heavy atom. The molecule has 72 valence electrons. The molecule has 1 fully saturated rings. The molecule has 0 N–H and O–H groups in total. The normalized spacial score (nSPS) is 34.0. The zero-order valence-electron chi connectivity index (χ0n) is 8.39. The van der Waals surface area contributed by atoms with Gasteiger partial charge in [0.15, 0.2) is 9.03 Å². The van der Waals surface area contributed by atoms with Gasteiger partial charge in [0.05, 0.1) is 12.2 Å². The Labute approximate surface area is 77.0 Å². The highest BCUT2D eigenvalue weighted by Gasteiger charge is 2.31. The molecule has 1 rings (SSSR count). The lowest BCUT2D eigenvalue weighted by molar-refractivity contribution is 0.00354. The van der Waals surface area contributed by atoms with E-state index in [9.17, 15) is 0 Å². The Morgan fingerprint density at radius 1 is 1.33 bits per heavy atom. The molecular formula is C9H19O2P. The lowest BCUT2D eigenvalue weighted by atomic mass is 9.85. The third kappa shape index (κ3) is 2.69. The molecule has 0 saturated carbocycles. The molecular weight excluding hydrogens is 171 g/mol. The van der Waals surface area contributed by atoms with Gasteiger partial charge in [0, 0.05) is 6.42 Å². The van der Waals surface area contributed by atoms with Crippen molar-refractivity contribution in [1.29, 1.82) is 0 Å². The quantitative estimate of drug-likeness (QED) is 0.591. The minimum absolute atomic E-state index is 0.243. The molecule has 1 aliphatic heterocycles. The van der Waals surface area contributed by atoms with Crippen molar-refractivity contribution in [2.45, 2.75) is 52.7 Å². The molecule has 0 aromatic carbocycles. The smallest absolute Gasteiger partial charge is 0.155 e. The summed E-state index contributed by atoms with van der Waals surface area (Å²) in [5.41, 5.74) is 0.254. The highest BCUT2D eigenvalue weighted by molar-refractivity contribution is 7.26. The van der Waals surface area contributed by atoms with Gasteiger partial charge in [-0.15, -0.1) is 0 Å². The average molecular weight is 190 g/mol. The molecule has 1 aliphatic rings. The minimum Gasteiger partial charge on any atom is -0.333 e. The van der Waals surface area contributed by atoms with Crippen LogP contribution < -0.4 is 0 Å². The Kier molecular flexibility index (Phi) is 3.51. The van der Waals surface area contributed by atoms with E-state index in [0.717, 1.165) is 12.8 Å². The number of hydrogen-bond donors (Lipinski definition) is 0. The summed E-state index contributed by atoms with van der Waals surface area (Å²) in [7, 11) is 0.243. The first-order valence-corrected chi connectivity index (χ1v) is 5.42. The van der Waals surface area contributed by atoms with Gasteiger partial charge in [-0.1, -0.05) is 27.7 Å². The molecule has 3 heteroatoms. The summed E-state index contributed by atoms with van der Waals surface area (Å²) in [5, 5.41) is 0. The van der Waals surface area contributed by atoms with Gasteiger partial charge in [-0.2, -0.15) is 0 Å². The summed E-state index contributed by atoms with van der Waals surface area (Å²) >= 11 is 0. The zero-order chi connectivity index (χ0) is 9.19. The van der Waals surface area contributed by atoms with Crippen LogP contribution in [-0.2, 0) is 9.05 Å². The fourth-order valence-electron chi connectivity index (χ4n) is 1.27. The van der Waals surface area contributed by atoms with Crippen LogP contribution in [0.2, 0.25) is 0 Å². The standard InChI is InChI=1S/C9H19O2P/c1-5-7-6-8(9(2,3)4)11-12-10-7/h7-8,12H,5-6H2,1-4H3. The molecule has 1 heterocycles. The van der Waals surface area contributed by atoms with Gasteiger partial charge in [0.25, 0.3) is 0 Å². The van der Waals surface area contributed by atoms with Crippen molar-refractivity contribution >= 4 is 9.03 Å². The molecule has 0 radical (unpaired) electrons. The topological polar surface area (TPSA) is 18.5 Å². The predicted octanol–water partition coefficient (Wildman–Crippen LogP) is 3.13.